The number of carbonyl (C=O) groups excluding carboxylic acids is 1. The van der Waals surface area contributed by atoms with E-state index in [0.29, 0.717) is 22.4 Å². The van der Waals surface area contributed by atoms with Crippen molar-refractivity contribution in [1.29, 1.82) is 0 Å². The van der Waals surface area contributed by atoms with Crippen LogP contribution in [0.15, 0.2) is 36.8 Å². The minimum atomic E-state index is -3.55. The number of rotatable bonds is 9. The summed E-state index contributed by atoms with van der Waals surface area (Å²) >= 11 is 0. The number of carbonyl (C=O) groups is 1. The van der Waals surface area contributed by atoms with E-state index in [1.165, 1.54) is 30.7 Å². The lowest BCUT2D eigenvalue weighted by Gasteiger charge is -2.16. The topological polar surface area (TPSA) is 115 Å². The lowest BCUT2D eigenvalue weighted by atomic mass is 10.2. The first-order valence-electron chi connectivity index (χ1n) is 9.69. The molecule has 166 valence electrons. The molecule has 2 heterocycles. The molecule has 0 saturated carbocycles. The molecule has 0 spiro atoms. The van der Waals surface area contributed by atoms with Gasteiger partial charge in [-0.15, -0.1) is 6.42 Å². The van der Waals surface area contributed by atoms with E-state index in [9.17, 15) is 13.8 Å². The number of nitrogens with one attached hydrogen (secondary N) is 2. The summed E-state index contributed by atoms with van der Waals surface area (Å²) in [7, 11) is -3.55. The summed E-state index contributed by atoms with van der Waals surface area (Å²) in [6, 6.07) is 5.82. The number of fused-ring (bicyclic) bond motifs is 1. The molecule has 0 unspecified atom stereocenters. The molecule has 0 aliphatic carbocycles. The van der Waals surface area contributed by atoms with Crippen molar-refractivity contribution >= 4 is 41.7 Å². The zero-order chi connectivity index (χ0) is 23.1. The number of amides is 1. The molecule has 11 heteroatoms. The minimum Gasteiger partial charge on any atom is -0.340 e. The molecule has 32 heavy (non-hydrogen) atoms. The number of halogens is 1. The summed E-state index contributed by atoms with van der Waals surface area (Å²) in [6.45, 7) is 3.62. The Morgan fingerprint density at radius 1 is 1.19 bits per heavy atom. The fourth-order valence-electron chi connectivity index (χ4n) is 2.86. The zero-order valence-electron chi connectivity index (χ0n) is 17.5. The Morgan fingerprint density at radius 2 is 1.94 bits per heavy atom. The molecule has 0 aliphatic heterocycles. The number of benzene rings is 1. The molecule has 2 aromatic heterocycles. The lowest BCUT2D eigenvalue weighted by Crippen LogP contribution is -2.19. The van der Waals surface area contributed by atoms with Crippen LogP contribution in [0.4, 0.5) is 21.7 Å². The molecule has 0 bridgehead atoms. The molecule has 1 amide bonds. The fourth-order valence-corrected chi connectivity index (χ4v) is 4.33. The SMILES string of the molecule is C#Cc1cc(Nc2ncnc3cnc(NC(=O)CP(=O)(OCC)OCC)cc23)ccc1F. The van der Waals surface area contributed by atoms with Gasteiger partial charge < -0.3 is 19.7 Å². The van der Waals surface area contributed by atoms with Crippen molar-refractivity contribution < 1.29 is 22.8 Å². The highest BCUT2D eigenvalue weighted by Gasteiger charge is 2.27. The average Bonchev–Trinajstić information content (AvgIpc) is 2.75. The predicted octanol–water partition coefficient (Wildman–Crippen LogP) is 4.09. The largest absolute Gasteiger partial charge is 0.340 e. The Balaban J connectivity index is 1.84. The molecule has 9 nitrogen and oxygen atoms in total. The van der Waals surface area contributed by atoms with E-state index >= 15 is 0 Å². The van der Waals surface area contributed by atoms with Crippen molar-refractivity contribution in [2.45, 2.75) is 13.8 Å². The van der Waals surface area contributed by atoms with Crippen LogP contribution in [0.2, 0.25) is 0 Å². The van der Waals surface area contributed by atoms with Crippen LogP contribution in [0.25, 0.3) is 10.9 Å². The Bertz CT molecular complexity index is 1220. The second kappa shape index (κ2) is 10.3. The maximum Gasteiger partial charge on any atom is 0.340 e. The van der Waals surface area contributed by atoms with Crippen LogP contribution < -0.4 is 10.6 Å². The Morgan fingerprint density at radius 3 is 2.62 bits per heavy atom. The maximum absolute atomic E-state index is 13.7. The summed E-state index contributed by atoms with van der Waals surface area (Å²) in [6.07, 6.45) is 7.67. The van der Waals surface area contributed by atoms with Crippen molar-refractivity contribution in [3.8, 4) is 12.3 Å². The summed E-state index contributed by atoms with van der Waals surface area (Å²) < 4.78 is 36.5. The Hall–Kier alpha value is -3.38. The van der Waals surface area contributed by atoms with E-state index in [1.807, 2.05) is 0 Å². The van der Waals surface area contributed by atoms with Gasteiger partial charge in [0.1, 0.15) is 29.9 Å². The molecule has 1 aromatic carbocycles. The van der Waals surface area contributed by atoms with Crippen molar-refractivity contribution in [1.82, 2.24) is 15.0 Å². The Kier molecular flexibility index (Phi) is 7.49. The van der Waals surface area contributed by atoms with Crippen molar-refractivity contribution in [2.24, 2.45) is 0 Å². The van der Waals surface area contributed by atoms with Gasteiger partial charge in [0.05, 0.1) is 30.5 Å². The summed E-state index contributed by atoms with van der Waals surface area (Å²) in [5.74, 6) is 1.79. The third-order valence-corrected chi connectivity index (χ3v) is 6.14. The van der Waals surface area contributed by atoms with E-state index in [0.717, 1.165) is 0 Å². The highest BCUT2D eigenvalue weighted by molar-refractivity contribution is 7.54. The van der Waals surface area contributed by atoms with Gasteiger partial charge in [-0.3, -0.25) is 9.36 Å². The predicted molar refractivity (Wildman–Crippen MR) is 119 cm³/mol. The third-order valence-electron chi connectivity index (χ3n) is 4.16. The highest BCUT2D eigenvalue weighted by atomic mass is 31.2. The third kappa shape index (κ3) is 5.65. The molecular weight excluding hydrogens is 436 g/mol. The van der Waals surface area contributed by atoms with E-state index < -0.39 is 25.5 Å². The number of anilines is 3. The zero-order valence-corrected chi connectivity index (χ0v) is 18.4. The first kappa shape index (κ1) is 23.3. The number of aromatic nitrogens is 3. The van der Waals surface area contributed by atoms with Crippen LogP contribution in [0, 0.1) is 18.2 Å². The second-order valence-electron chi connectivity index (χ2n) is 6.43. The van der Waals surface area contributed by atoms with Crippen molar-refractivity contribution in [3.63, 3.8) is 0 Å². The monoisotopic (exact) mass is 457 g/mol. The van der Waals surface area contributed by atoms with Crippen LogP contribution in [0.3, 0.4) is 0 Å². The molecule has 0 fully saturated rings. The van der Waals surface area contributed by atoms with Gasteiger partial charge in [-0.1, -0.05) is 5.92 Å². The smallest absolute Gasteiger partial charge is 0.340 e. The summed E-state index contributed by atoms with van der Waals surface area (Å²) in [5, 5.41) is 6.19. The van der Waals surface area contributed by atoms with Gasteiger partial charge in [-0.25, -0.2) is 19.3 Å². The number of hydrogen-bond acceptors (Lipinski definition) is 8. The fraction of sp³-hybridized carbons (Fsp3) is 0.238. The summed E-state index contributed by atoms with van der Waals surface area (Å²) in [5.41, 5.74) is 1.14. The average molecular weight is 457 g/mol. The van der Waals surface area contributed by atoms with Gasteiger partial charge in [0.2, 0.25) is 5.91 Å². The minimum absolute atomic E-state index is 0.107. The molecular formula is C21H21FN5O4P. The maximum atomic E-state index is 13.7. The van der Waals surface area contributed by atoms with E-state index in [2.05, 4.69) is 31.5 Å². The molecule has 3 rings (SSSR count). The molecule has 2 N–H and O–H groups in total. The van der Waals surface area contributed by atoms with E-state index in [4.69, 9.17) is 15.5 Å². The van der Waals surface area contributed by atoms with Gasteiger partial charge >= 0.3 is 7.60 Å². The second-order valence-corrected chi connectivity index (χ2v) is 8.48. The van der Waals surface area contributed by atoms with Gasteiger partial charge in [-0.2, -0.15) is 0 Å². The van der Waals surface area contributed by atoms with E-state index in [-0.39, 0.29) is 24.6 Å². The number of hydrogen-bond donors (Lipinski definition) is 2. The quantitative estimate of drug-likeness (QED) is 0.365. The van der Waals surface area contributed by atoms with Gasteiger partial charge in [0, 0.05) is 11.1 Å². The molecule has 0 aliphatic rings. The van der Waals surface area contributed by atoms with Crippen LogP contribution in [0.1, 0.15) is 19.4 Å². The van der Waals surface area contributed by atoms with Gasteiger partial charge in [-0.05, 0) is 38.1 Å². The van der Waals surface area contributed by atoms with Crippen LogP contribution in [-0.4, -0.2) is 40.2 Å². The standard InChI is InChI=1S/C21H21FN5O4P/c1-4-14-9-15(7-8-17(14)22)26-21-16-10-19(23-11-18(16)24-13-25-21)27-20(28)12-32(29,30-5-2)31-6-3/h1,7-11,13H,5-6,12H2,2-3H3,(H,23,27,28)(H,24,25,26). The number of pyridine rings is 1. The van der Waals surface area contributed by atoms with Gasteiger partial charge in [0.15, 0.2) is 0 Å². The van der Waals surface area contributed by atoms with E-state index in [1.54, 1.807) is 19.9 Å². The molecule has 0 atom stereocenters. The summed E-state index contributed by atoms with van der Waals surface area (Å²) in [4.78, 5) is 24.9. The first-order valence-corrected chi connectivity index (χ1v) is 11.4. The number of nitrogens with zero attached hydrogens (tertiary/aromatic N) is 3. The molecule has 0 saturated heterocycles. The van der Waals surface area contributed by atoms with Crippen molar-refractivity contribution in [2.75, 3.05) is 30.0 Å². The van der Waals surface area contributed by atoms with Crippen LogP contribution in [-0.2, 0) is 18.4 Å². The van der Waals surface area contributed by atoms with Crippen molar-refractivity contribution in [3.05, 3.63) is 48.2 Å². The molecule has 3 aromatic rings. The highest BCUT2D eigenvalue weighted by Crippen LogP contribution is 2.47. The van der Waals surface area contributed by atoms with Crippen LogP contribution in [0.5, 0.6) is 0 Å². The lowest BCUT2D eigenvalue weighted by molar-refractivity contribution is -0.114. The number of terminal acetylenes is 1. The first-order chi connectivity index (χ1) is 15.4. The van der Waals surface area contributed by atoms with Crippen LogP contribution >= 0.6 is 7.60 Å². The van der Waals surface area contributed by atoms with Gasteiger partial charge in [0.25, 0.3) is 0 Å². The normalized spacial score (nSPS) is 11.2. The molecule has 0 radical (unpaired) electrons. The Labute approximate surface area is 184 Å².